The molecule has 0 bridgehead atoms. The predicted octanol–water partition coefficient (Wildman–Crippen LogP) is 4.86. The van der Waals surface area contributed by atoms with Gasteiger partial charge in [-0.05, 0) is 55.0 Å². The lowest BCUT2D eigenvalue weighted by atomic mass is 10.2. The summed E-state index contributed by atoms with van der Waals surface area (Å²) in [6.07, 6.45) is -4.38. The van der Waals surface area contributed by atoms with E-state index in [-0.39, 0.29) is 10.8 Å². The second-order valence-electron chi connectivity index (χ2n) is 4.94. The first-order valence-electron chi connectivity index (χ1n) is 6.83. The number of rotatable bonds is 3. The maximum atomic E-state index is 12.7. The summed E-state index contributed by atoms with van der Waals surface area (Å²) in [6.45, 7) is 1.97. The Labute approximate surface area is 137 Å². The van der Waals surface area contributed by atoms with Gasteiger partial charge in [0.1, 0.15) is 0 Å². The normalized spacial score (nSPS) is 11.0. The van der Waals surface area contributed by atoms with Gasteiger partial charge in [-0.3, -0.25) is 0 Å². The van der Waals surface area contributed by atoms with Crippen molar-refractivity contribution in [3.05, 3.63) is 53.6 Å². The third kappa shape index (κ3) is 4.59. The standard InChI is InChI=1S/C16H16F3N3S/c1-10-6-7-13(9-14(10)20-2)22-15(23)21-12-5-3-4-11(8-12)16(17,18)19/h3-9,20H,1-2H3,(H2,21,22,23). The molecule has 0 aliphatic carbocycles. The summed E-state index contributed by atoms with van der Waals surface area (Å²) >= 11 is 5.14. The first-order valence-corrected chi connectivity index (χ1v) is 7.24. The van der Waals surface area contributed by atoms with Crippen molar-refractivity contribution >= 4 is 34.4 Å². The van der Waals surface area contributed by atoms with Crippen LogP contribution < -0.4 is 16.0 Å². The van der Waals surface area contributed by atoms with Crippen molar-refractivity contribution < 1.29 is 13.2 Å². The van der Waals surface area contributed by atoms with Gasteiger partial charge in [-0.1, -0.05) is 12.1 Å². The third-order valence-electron chi connectivity index (χ3n) is 3.21. The van der Waals surface area contributed by atoms with Crippen LogP contribution in [0.1, 0.15) is 11.1 Å². The number of alkyl halides is 3. The molecule has 0 radical (unpaired) electrons. The molecule has 122 valence electrons. The van der Waals surface area contributed by atoms with Crippen molar-refractivity contribution in [1.29, 1.82) is 0 Å². The zero-order chi connectivity index (χ0) is 17.0. The first kappa shape index (κ1) is 17.1. The molecule has 0 fully saturated rings. The molecule has 3 N–H and O–H groups in total. The highest BCUT2D eigenvalue weighted by atomic mass is 32.1. The summed E-state index contributed by atoms with van der Waals surface area (Å²) in [6, 6.07) is 10.5. The van der Waals surface area contributed by atoms with Gasteiger partial charge < -0.3 is 16.0 Å². The lowest BCUT2D eigenvalue weighted by Crippen LogP contribution is -2.19. The number of hydrogen-bond donors (Lipinski definition) is 3. The van der Waals surface area contributed by atoms with E-state index in [1.165, 1.54) is 12.1 Å². The van der Waals surface area contributed by atoms with Gasteiger partial charge in [0.2, 0.25) is 0 Å². The molecular formula is C16H16F3N3S. The van der Waals surface area contributed by atoms with Crippen LogP contribution in [0.2, 0.25) is 0 Å². The Balaban J connectivity index is 2.08. The van der Waals surface area contributed by atoms with E-state index in [0.29, 0.717) is 0 Å². The maximum Gasteiger partial charge on any atom is 0.416 e. The molecule has 2 aromatic carbocycles. The zero-order valence-electron chi connectivity index (χ0n) is 12.6. The van der Waals surface area contributed by atoms with Crippen LogP contribution in [-0.2, 0) is 6.18 Å². The lowest BCUT2D eigenvalue weighted by molar-refractivity contribution is -0.137. The van der Waals surface area contributed by atoms with Gasteiger partial charge in [0, 0.05) is 24.1 Å². The molecule has 0 aromatic heterocycles. The third-order valence-corrected chi connectivity index (χ3v) is 3.42. The molecule has 0 saturated heterocycles. The van der Waals surface area contributed by atoms with Crippen LogP contribution >= 0.6 is 12.2 Å². The number of aryl methyl sites for hydroxylation is 1. The van der Waals surface area contributed by atoms with E-state index >= 15 is 0 Å². The van der Waals surface area contributed by atoms with Crippen LogP contribution in [0.5, 0.6) is 0 Å². The van der Waals surface area contributed by atoms with Crippen LogP contribution in [0.15, 0.2) is 42.5 Å². The number of nitrogens with one attached hydrogen (secondary N) is 3. The second kappa shape index (κ2) is 6.87. The first-order chi connectivity index (χ1) is 10.8. The maximum absolute atomic E-state index is 12.7. The topological polar surface area (TPSA) is 36.1 Å². The van der Waals surface area contributed by atoms with Crippen molar-refractivity contribution in [3.8, 4) is 0 Å². The number of halogens is 3. The van der Waals surface area contributed by atoms with E-state index in [0.717, 1.165) is 29.1 Å². The number of hydrogen-bond acceptors (Lipinski definition) is 2. The van der Waals surface area contributed by atoms with Gasteiger partial charge in [-0.2, -0.15) is 13.2 Å². The van der Waals surface area contributed by atoms with E-state index < -0.39 is 11.7 Å². The minimum atomic E-state index is -4.38. The average molecular weight is 339 g/mol. The van der Waals surface area contributed by atoms with Gasteiger partial charge in [0.25, 0.3) is 0 Å². The van der Waals surface area contributed by atoms with E-state index in [1.54, 1.807) is 0 Å². The summed E-state index contributed by atoms with van der Waals surface area (Å²) < 4.78 is 38.1. The van der Waals surface area contributed by atoms with E-state index in [9.17, 15) is 13.2 Å². The fourth-order valence-corrected chi connectivity index (χ4v) is 2.27. The monoisotopic (exact) mass is 339 g/mol. The molecule has 0 amide bonds. The number of anilines is 3. The Morgan fingerprint density at radius 2 is 1.65 bits per heavy atom. The van der Waals surface area contributed by atoms with E-state index in [1.807, 2.05) is 32.2 Å². The van der Waals surface area contributed by atoms with Crippen LogP contribution in [0.3, 0.4) is 0 Å². The average Bonchev–Trinajstić information content (AvgIpc) is 2.48. The Morgan fingerprint density at radius 3 is 2.26 bits per heavy atom. The second-order valence-corrected chi connectivity index (χ2v) is 5.35. The summed E-state index contributed by atoms with van der Waals surface area (Å²) in [5.41, 5.74) is 2.31. The summed E-state index contributed by atoms with van der Waals surface area (Å²) in [4.78, 5) is 0. The molecule has 2 rings (SSSR count). The summed E-state index contributed by atoms with van der Waals surface area (Å²) in [5, 5.41) is 8.98. The van der Waals surface area contributed by atoms with Crippen molar-refractivity contribution in [1.82, 2.24) is 0 Å². The van der Waals surface area contributed by atoms with Crippen LogP contribution in [-0.4, -0.2) is 12.2 Å². The molecule has 0 atom stereocenters. The molecule has 0 aliphatic heterocycles. The highest BCUT2D eigenvalue weighted by Crippen LogP contribution is 2.30. The van der Waals surface area contributed by atoms with Gasteiger partial charge >= 0.3 is 6.18 Å². The molecule has 7 heteroatoms. The molecule has 0 spiro atoms. The number of benzene rings is 2. The molecule has 0 unspecified atom stereocenters. The summed E-state index contributed by atoms with van der Waals surface area (Å²) in [5.74, 6) is 0. The van der Waals surface area contributed by atoms with Crippen molar-refractivity contribution in [2.45, 2.75) is 13.1 Å². The SMILES string of the molecule is CNc1cc(NC(=S)Nc2cccc(C(F)(F)F)c2)ccc1C. The fraction of sp³-hybridized carbons (Fsp3) is 0.188. The Kier molecular flexibility index (Phi) is 5.10. The highest BCUT2D eigenvalue weighted by molar-refractivity contribution is 7.80. The largest absolute Gasteiger partial charge is 0.416 e. The highest BCUT2D eigenvalue weighted by Gasteiger charge is 2.30. The van der Waals surface area contributed by atoms with E-state index in [2.05, 4.69) is 16.0 Å². The van der Waals surface area contributed by atoms with Crippen molar-refractivity contribution in [2.75, 3.05) is 23.0 Å². The minimum absolute atomic E-state index is 0.218. The molecule has 0 heterocycles. The minimum Gasteiger partial charge on any atom is -0.388 e. The van der Waals surface area contributed by atoms with Gasteiger partial charge in [-0.25, -0.2) is 0 Å². The Morgan fingerprint density at radius 1 is 1.00 bits per heavy atom. The predicted molar refractivity (Wildman–Crippen MR) is 92.0 cm³/mol. The van der Waals surface area contributed by atoms with Crippen LogP contribution in [0, 0.1) is 6.92 Å². The van der Waals surface area contributed by atoms with Gasteiger partial charge in [-0.15, -0.1) is 0 Å². The van der Waals surface area contributed by atoms with Gasteiger partial charge in [0.05, 0.1) is 5.56 Å². The Hall–Kier alpha value is -2.28. The molecule has 0 aliphatic rings. The van der Waals surface area contributed by atoms with Crippen LogP contribution in [0.4, 0.5) is 30.2 Å². The molecule has 2 aromatic rings. The lowest BCUT2D eigenvalue weighted by Gasteiger charge is -2.14. The van der Waals surface area contributed by atoms with Gasteiger partial charge in [0.15, 0.2) is 5.11 Å². The van der Waals surface area contributed by atoms with Crippen molar-refractivity contribution in [3.63, 3.8) is 0 Å². The number of thiocarbonyl (C=S) groups is 1. The quantitative estimate of drug-likeness (QED) is 0.698. The van der Waals surface area contributed by atoms with Crippen LogP contribution in [0.25, 0.3) is 0 Å². The molecule has 0 saturated carbocycles. The molecule has 3 nitrogen and oxygen atoms in total. The zero-order valence-corrected chi connectivity index (χ0v) is 13.4. The van der Waals surface area contributed by atoms with E-state index in [4.69, 9.17) is 12.2 Å². The van der Waals surface area contributed by atoms with Crippen molar-refractivity contribution in [2.24, 2.45) is 0 Å². The fourth-order valence-electron chi connectivity index (χ4n) is 2.04. The molecular weight excluding hydrogens is 323 g/mol. The summed E-state index contributed by atoms with van der Waals surface area (Å²) in [7, 11) is 1.81. The Bertz CT molecular complexity index is 714. The molecule has 23 heavy (non-hydrogen) atoms. The smallest absolute Gasteiger partial charge is 0.388 e.